The molecule has 1 aliphatic heterocycles. The Hall–Kier alpha value is -2.39. The van der Waals surface area contributed by atoms with Gasteiger partial charge >= 0.3 is 11.9 Å². The molecule has 25 heavy (non-hydrogen) atoms. The fourth-order valence-electron chi connectivity index (χ4n) is 2.35. The van der Waals surface area contributed by atoms with Crippen LogP contribution in [0.5, 0.6) is 0 Å². The number of hydrogen-bond donors (Lipinski definition) is 0. The molecule has 1 aliphatic rings. The van der Waals surface area contributed by atoms with Gasteiger partial charge in [0.15, 0.2) is 9.84 Å². The van der Waals surface area contributed by atoms with E-state index in [1.165, 1.54) is 43.4 Å². The third-order valence-corrected chi connectivity index (χ3v) is 5.47. The number of ether oxygens (including phenoxy) is 3. The number of benzene rings is 1. The Bertz CT molecular complexity index is 796. The summed E-state index contributed by atoms with van der Waals surface area (Å²) in [6.07, 6.45) is 0. The molecule has 1 heterocycles. The van der Waals surface area contributed by atoms with Gasteiger partial charge in [0.05, 0.1) is 37.0 Å². The largest absolute Gasteiger partial charge is 0.466 e. The van der Waals surface area contributed by atoms with E-state index < -0.39 is 21.8 Å². The Kier molecular flexibility index (Phi) is 5.81. The van der Waals surface area contributed by atoms with E-state index in [-0.39, 0.29) is 35.3 Å². The van der Waals surface area contributed by atoms with E-state index >= 15 is 0 Å². The molecule has 0 saturated heterocycles. The fraction of sp³-hybridized carbons (Fsp3) is 0.375. The Morgan fingerprint density at radius 2 is 1.72 bits per heavy atom. The number of methoxy groups -OCH3 is 2. The molecule has 0 N–H and O–H groups in total. The van der Waals surface area contributed by atoms with Gasteiger partial charge in [-0.1, -0.05) is 6.92 Å². The summed E-state index contributed by atoms with van der Waals surface area (Å²) in [6, 6.07) is 5.95. The van der Waals surface area contributed by atoms with Crippen molar-refractivity contribution in [3.63, 3.8) is 0 Å². The summed E-state index contributed by atoms with van der Waals surface area (Å²) >= 11 is 0. The third-order valence-electron chi connectivity index (χ3n) is 3.72. The van der Waals surface area contributed by atoms with Crippen LogP contribution in [-0.2, 0) is 33.6 Å². The number of esters is 2. The molecule has 1 aromatic carbocycles. The maximum absolute atomic E-state index is 12.2. The average Bonchev–Trinajstić information content (AvgIpc) is 2.66. The van der Waals surface area contributed by atoms with E-state index in [1.807, 2.05) is 0 Å². The van der Waals surface area contributed by atoms with Crippen LogP contribution in [0.25, 0.3) is 0 Å². The summed E-state index contributed by atoms with van der Waals surface area (Å²) < 4.78 is 38.6. The second-order valence-corrected chi connectivity index (χ2v) is 7.39. The highest BCUT2D eigenvalue weighted by Crippen LogP contribution is 2.27. The van der Waals surface area contributed by atoms with Crippen LogP contribution in [-0.4, -0.2) is 53.7 Å². The lowest BCUT2D eigenvalue weighted by Gasteiger charge is -2.31. The molecule has 0 atom stereocenters. The first kappa shape index (κ1) is 18.9. The first-order valence-corrected chi connectivity index (χ1v) is 9.08. The first-order valence-electron chi connectivity index (χ1n) is 7.43. The van der Waals surface area contributed by atoms with Crippen LogP contribution in [0.2, 0.25) is 0 Å². The Morgan fingerprint density at radius 1 is 1.12 bits per heavy atom. The molecule has 1 aromatic rings. The Balaban J connectivity index is 2.49. The third kappa shape index (κ3) is 3.83. The van der Waals surface area contributed by atoms with Crippen molar-refractivity contribution >= 4 is 27.5 Å². The van der Waals surface area contributed by atoms with E-state index in [4.69, 9.17) is 9.47 Å². The second kappa shape index (κ2) is 7.66. The van der Waals surface area contributed by atoms with Crippen molar-refractivity contribution in [3.8, 4) is 0 Å². The van der Waals surface area contributed by atoms with Gasteiger partial charge in [-0.15, -0.1) is 0 Å². The highest BCUT2D eigenvalue weighted by molar-refractivity contribution is 7.91. The molecule has 8 nitrogen and oxygen atoms in total. The molecule has 2 rings (SSSR count). The van der Waals surface area contributed by atoms with Gasteiger partial charge in [0.2, 0.25) is 0 Å². The van der Waals surface area contributed by atoms with E-state index in [0.717, 1.165) is 0 Å². The van der Waals surface area contributed by atoms with Crippen molar-refractivity contribution in [2.45, 2.75) is 11.8 Å². The summed E-state index contributed by atoms with van der Waals surface area (Å²) in [7, 11) is -0.931. The van der Waals surface area contributed by atoms with E-state index in [1.54, 1.807) is 6.92 Å². The van der Waals surface area contributed by atoms with Gasteiger partial charge in [-0.2, -0.15) is 0 Å². The molecule has 9 heteroatoms. The molecule has 0 saturated carbocycles. The van der Waals surface area contributed by atoms with E-state index in [9.17, 15) is 18.0 Å². The van der Waals surface area contributed by atoms with Gasteiger partial charge in [0.25, 0.3) is 0 Å². The summed E-state index contributed by atoms with van der Waals surface area (Å²) in [5.41, 5.74) is 0.522. The standard InChI is InChI=1S/C16H19NO7S/c1-4-25(20,21)12-7-5-11(6-8-12)17-10-24-9-13(15(18)22-2)14(17)16(19)23-3/h5-8H,4,9-10H2,1-3H3. The van der Waals surface area contributed by atoms with Crippen LogP contribution in [0, 0.1) is 0 Å². The molecule has 0 unspecified atom stereocenters. The van der Waals surface area contributed by atoms with Gasteiger partial charge < -0.3 is 19.1 Å². The van der Waals surface area contributed by atoms with Crippen molar-refractivity contribution in [3.05, 3.63) is 35.5 Å². The minimum absolute atomic E-state index is 0.00476. The number of nitrogens with zero attached hydrogens (tertiary/aromatic N) is 1. The van der Waals surface area contributed by atoms with Crippen LogP contribution >= 0.6 is 0 Å². The van der Waals surface area contributed by atoms with Crippen LogP contribution in [0.1, 0.15) is 6.92 Å². The van der Waals surface area contributed by atoms with Crippen molar-refractivity contribution < 1.29 is 32.2 Å². The quantitative estimate of drug-likeness (QED) is 0.705. The predicted molar refractivity (Wildman–Crippen MR) is 88.5 cm³/mol. The number of hydrogen-bond acceptors (Lipinski definition) is 8. The topological polar surface area (TPSA) is 99.2 Å². The van der Waals surface area contributed by atoms with Gasteiger partial charge in [-0.05, 0) is 24.3 Å². The number of sulfone groups is 1. The lowest BCUT2D eigenvalue weighted by Crippen LogP contribution is -2.38. The normalized spacial score (nSPS) is 15.1. The van der Waals surface area contributed by atoms with Gasteiger partial charge in [0, 0.05) is 5.69 Å². The predicted octanol–water partition coefficient (Wildman–Crippen LogP) is 0.874. The summed E-state index contributed by atoms with van der Waals surface area (Å²) in [5.74, 6) is -1.43. The Morgan fingerprint density at radius 3 is 2.24 bits per heavy atom. The molecular formula is C16H19NO7S. The molecule has 0 fully saturated rings. The Labute approximate surface area is 145 Å². The molecule has 0 bridgehead atoms. The number of carbonyl (C=O) groups excluding carboxylic acids is 2. The average molecular weight is 369 g/mol. The zero-order valence-electron chi connectivity index (χ0n) is 14.1. The lowest BCUT2D eigenvalue weighted by molar-refractivity contribution is -0.140. The van der Waals surface area contributed by atoms with E-state index in [2.05, 4.69) is 4.74 Å². The SMILES string of the molecule is CCS(=O)(=O)c1ccc(N2COCC(C(=O)OC)=C2C(=O)OC)cc1. The molecule has 0 radical (unpaired) electrons. The summed E-state index contributed by atoms with van der Waals surface area (Å²) in [4.78, 5) is 25.7. The maximum atomic E-state index is 12.2. The summed E-state index contributed by atoms with van der Waals surface area (Å²) in [6.45, 7) is 1.48. The molecule has 0 aliphatic carbocycles. The van der Waals surface area contributed by atoms with Gasteiger partial charge in [0.1, 0.15) is 12.4 Å². The van der Waals surface area contributed by atoms with Gasteiger partial charge in [-0.25, -0.2) is 18.0 Å². The molecule has 0 spiro atoms. The molecular weight excluding hydrogens is 350 g/mol. The van der Waals surface area contributed by atoms with Crippen LogP contribution in [0.4, 0.5) is 5.69 Å². The smallest absolute Gasteiger partial charge is 0.355 e. The number of rotatable bonds is 5. The molecule has 0 amide bonds. The second-order valence-electron chi connectivity index (χ2n) is 5.11. The highest BCUT2D eigenvalue weighted by Gasteiger charge is 2.32. The fourth-order valence-corrected chi connectivity index (χ4v) is 3.23. The highest BCUT2D eigenvalue weighted by atomic mass is 32.2. The first-order chi connectivity index (χ1) is 11.9. The number of carbonyl (C=O) groups is 2. The van der Waals surface area contributed by atoms with E-state index in [0.29, 0.717) is 5.69 Å². The van der Waals surface area contributed by atoms with Gasteiger partial charge in [-0.3, -0.25) is 0 Å². The van der Waals surface area contributed by atoms with Crippen LogP contribution < -0.4 is 4.90 Å². The van der Waals surface area contributed by atoms with Crippen molar-refractivity contribution in [2.75, 3.05) is 38.2 Å². The monoisotopic (exact) mass is 369 g/mol. The van der Waals surface area contributed by atoms with Crippen molar-refractivity contribution in [2.24, 2.45) is 0 Å². The number of anilines is 1. The molecule has 136 valence electrons. The van der Waals surface area contributed by atoms with Crippen molar-refractivity contribution in [1.29, 1.82) is 0 Å². The zero-order valence-corrected chi connectivity index (χ0v) is 15.0. The summed E-state index contributed by atoms with van der Waals surface area (Å²) in [5, 5.41) is 0. The lowest BCUT2D eigenvalue weighted by atomic mass is 10.1. The maximum Gasteiger partial charge on any atom is 0.355 e. The van der Waals surface area contributed by atoms with Crippen LogP contribution in [0.3, 0.4) is 0 Å². The molecule has 0 aromatic heterocycles. The zero-order chi connectivity index (χ0) is 18.6. The van der Waals surface area contributed by atoms with Crippen molar-refractivity contribution in [1.82, 2.24) is 0 Å². The van der Waals surface area contributed by atoms with Crippen LogP contribution in [0.15, 0.2) is 40.4 Å². The minimum atomic E-state index is -3.34. The minimum Gasteiger partial charge on any atom is -0.466 e.